The maximum atomic E-state index is 11.9. The van der Waals surface area contributed by atoms with Gasteiger partial charge in [0.25, 0.3) is 10.0 Å². The van der Waals surface area contributed by atoms with Crippen molar-refractivity contribution in [2.45, 2.75) is 4.90 Å². The molecule has 7 nitrogen and oxygen atoms in total. The van der Waals surface area contributed by atoms with Gasteiger partial charge in [-0.05, 0) is 0 Å². The van der Waals surface area contributed by atoms with Crippen LogP contribution in [-0.2, 0) is 19.6 Å². The lowest BCUT2D eigenvalue weighted by atomic mass is 10.3. The third-order valence-electron chi connectivity index (χ3n) is 2.24. The minimum atomic E-state index is -3.91. The van der Waals surface area contributed by atoms with Crippen LogP contribution in [0.3, 0.4) is 0 Å². The highest BCUT2D eigenvalue weighted by atomic mass is 32.2. The summed E-state index contributed by atoms with van der Waals surface area (Å²) >= 11 is 0.920. The number of hydrogen-bond donors (Lipinski definition) is 2. The molecular formula is C9H9NO6S2. The summed E-state index contributed by atoms with van der Waals surface area (Å²) in [6, 6.07) is 1.27. The second-order valence-corrected chi connectivity index (χ2v) is 5.95. The molecule has 0 aromatic carbocycles. The summed E-state index contributed by atoms with van der Waals surface area (Å²) in [4.78, 5) is 11.3. The van der Waals surface area contributed by atoms with Gasteiger partial charge >= 0.3 is 5.97 Å². The molecule has 0 spiro atoms. The molecule has 2 rings (SSSR count). The van der Waals surface area contributed by atoms with E-state index in [0.29, 0.717) is 5.06 Å². The number of rotatable bonds is 2. The Kier molecular flexibility index (Phi) is 2.95. The number of hydrogen-bond acceptors (Lipinski definition) is 7. The molecule has 18 heavy (non-hydrogen) atoms. The van der Waals surface area contributed by atoms with Gasteiger partial charge < -0.3 is 14.6 Å². The largest absolute Gasteiger partial charge is 0.504 e. The second-order valence-electron chi connectivity index (χ2n) is 3.28. The van der Waals surface area contributed by atoms with Crippen molar-refractivity contribution in [1.82, 2.24) is 4.72 Å². The van der Waals surface area contributed by atoms with Crippen LogP contribution in [0.25, 0.3) is 5.76 Å². The van der Waals surface area contributed by atoms with Crippen LogP contribution in [-0.4, -0.2) is 33.7 Å². The second kappa shape index (κ2) is 4.18. The van der Waals surface area contributed by atoms with Gasteiger partial charge in [0.1, 0.15) is 4.90 Å². The summed E-state index contributed by atoms with van der Waals surface area (Å²) in [7, 11) is -1.45. The molecule has 2 N–H and O–H groups in total. The monoisotopic (exact) mass is 291 g/mol. The molecule has 1 aromatic rings. The maximum absolute atomic E-state index is 11.9. The molecule has 0 aliphatic carbocycles. The molecular weight excluding hydrogens is 282 g/mol. The molecule has 0 amide bonds. The highest BCUT2D eigenvalue weighted by Crippen LogP contribution is 2.39. The molecule has 0 saturated carbocycles. The standard InChI is InChI=1S/C9H9NO6S2/c1-15-5-3-4-8(17-5)7(11)6(9(12)16-2)10-18(4,13)14/h3,10-11H,1-2H3. The van der Waals surface area contributed by atoms with Crippen LogP contribution >= 0.6 is 11.3 Å². The first-order chi connectivity index (χ1) is 8.40. The zero-order valence-corrected chi connectivity index (χ0v) is 11.0. The average molecular weight is 291 g/mol. The van der Waals surface area contributed by atoms with Crippen LogP contribution in [0.2, 0.25) is 0 Å². The summed E-state index contributed by atoms with van der Waals surface area (Å²) in [6.45, 7) is 0. The Balaban J connectivity index is 2.68. The van der Waals surface area contributed by atoms with E-state index in [1.54, 1.807) is 0 Å². The fourth-order valence-electron chi connectivity index (χ4n) is 1.41. The van der Waals surface area contributed by atoms with Gasteiger partial charge in [0.05, 0.1) is 19.1 Å². The van der Waals surface area contributed by atoms with Gasteiger partial charge in [-0.1, -0.05) is 11.3 Å². The number of aliphatic hydroxyl groups excluding tert-OH is 1. The summed E-state index contributed by atoms with van der Waals surface area (Å²) < 4.78 is 35.0. The van der Waals surface area contributed by atoms with Crippen molar-refractivity contribution in [3.05, 3.63) is 16.6 Å². The molecule has 1 aromatic heterocycles. The number of carbonyl (C=O) groups is 1. The van der Waals surface area contributed by atoms with E-state index in [1.807, 2.05) is 4.72 Å². The van der Waals surface area contributed by atoms with Gasteiger partial charge in [-0.2, -0.15) is 0 Å². The molecule has 1 aliphatic heterocycles. The highest BCUT2D eigenvalue weighted by Gasteiger charge is 2.35. The van der Waals surface area contributed by atoms with E-state index in [1.165, 1.54) is 13.2 Å². The number of ether oxygens (including phenoxy) is 2. The van der Waals surface area contributed by atoms with Crippen LogP contribution in [0.4, 0.5) is 0 Å². The zero-order chi connectivity index (χ0) is 13.5. The Labute approximate surface area is 107 Å². The Hall–Kier alpha value is -1.74. The van der Waals surface area contributed by atoms with Gasteiger partial charge in [0, 0.05) is 6.07 Å². The number of fused-ring (bicyclic) bond motifs is 1. The smallest absolute Gasteiger partial charge is 0.359 e. The lowest BCUT2D eigenvalue weighted by Gasteiger charge is -2.16. The summed E-state index contributed by atoms with van der Waals surface area (Å²) in [5.41, 5.74) is -0.505. The Morgan fingerprint density at radius 1 is 1.44 bits per heavy atom. The van der Waals surface area contributed by atoms with Gasteiger partial charge in [0.2, 0.25) is 0 Å². The van der Waals surface area contributed by atoms with E-state index in [2.05, 4.69) is 4.74 Å². The third kappa shape index (κ3) is 1.81. The van der Waals surface area contributed by atoms with Gasteiger partial charge in [-0.3, -0.25) is 4.72 Å². The van der Waals surface area contributed by atoms with E-state index in [9.17, 15) is 18.3 Å². The van der Waals surface area contributed by atoms with Gasteiger partial charge in [-0.15, -0.1) is 0 Å². The fourth-order valence-corrected chi connectivity index (χ4v) is 3.92. The number of thiophene rings is 1. The molecule has 0 saturated heterocycles. The van der Waals surface area contributed by atoms with Crippen LogP contribution in [0.5, 0.6) is 5.06 Å². The van der Waals surface area contributed by atoms with Gasteiger partial charge in [-0.25, -0.2) is 13.2 Å². The number of nitrogens with one attached hydrogen (secondary N) is 1. The number of methoxy groups -OCH3 is 2. The first-order valence-corrected chi connectivity index (χ1v) is 6.93. The normalized spacial score (nSPS) is 16.8. The molecule has 0 bridgehead atoms. The molecule has 2 heterocycles. The van der Waals surface area contributed by atoms with E-state index >= 15 is 0 Å². The average Bonchev–Trinajstić information content (AvgIpc) is 2.78. The van der Waals surface area contributed by atoms with E-state index in [0.717, 1.165) is 18.4 Å². The third-order valence-corrected chi connectivity index (χ3v) is 4.85. The maximum Gasteiger partial charge on any atom is 0.359 e. The highest BCUT2D eigenvalue weighted by molar-refractivity contribution is 7.90. The van der Waals surface area contributed by atoms with Crippen molar-refractivity contribution in [2.75, 3.05) is 14.2 Å². The molecule has 0 atom stereocenters. The Morgan fingerprint density at radius 3 is 2.67 bits per heavy atom. The number of aliphatic hydroxyl groups is 1. The van der Waals surface area contributed by atoms with Crippen LogP contribution in [0, 0.1) is 0 Å². The molecule has 0 unspecified atom stereocenters. The summed E-state index contributed by atoms with van der Waals surface area (Å²) in [5.74, 6) is -1.44. The van der Waals surface area contributed by atoms with Crippen molar-refractivity contribution in [1.29, 1.82) is 0 Å². The van der Waals surface area contributed by atoms with Gasteiger partial charge in [0.15, 0.2) is 16.5 Å². The number of esters is 1. The summed E-state index contributed by atoms with van der Waals surface area (Å²) in [5, 5.41) is 10.2. The Morgan fingerprint density at radius 2 is 2.11 bits per heavy atom. The predicted octanol–water partition coefficient (Wildman–Crippen LogP) is 0.448. The Bertz CT molecular complexity index is 642. The first kappa shape index (κ1) is 12.7. The van der Waals surface area contributed by atoms with E-state index in [-0.39, 0.29) is 9.77 Å². The lowest BCUT2D eigenvalue weighted by molar-refractivity contribution is -0.136. The van der Waals surface area contributed by atoms with E-state index < -0.39 is 27.4 Å². The topological polar surface area (TPSA) is 102 Å². The fraction of sp³-hybridized carbons (Fsp3) is 0.222. The van der Waals surface area contributed by atoms with Crippen LogP contribution in [0.1, 0.15) is 4.88 Å². The molecule has 0 fully saturated rings. The molecule has 0 radical (unpaired) electrons. The van der Waals surface area contributed by atoms with Crippen LogP contribution in [0.15, 0.2) is 16.7 Å². The number of sulfonamides is 1. The first-order valence-electron chi connectivity index (χ1n) is 4.63. The van der Waals surface area contributed by atoms with E-state index in [4.69, 9.17) is 4.74 Å². The SMILES string of the molecule is COC(=O)C1=C(O)c2sc(OC)cc2S(=O)(=O)N1. The van der Waals surface area contributed by atoms with Crippen LogP contribution < -0.4 is 9.46 Å². The predicted molar refractivity (Wildman–Crippen MR) is 62.8 cm³/mol. The van der Waals surface area contributed by atoms with Crippen molar-refractivity contribution in [2.24, 2.45) is 0 Å². The minimum Gasteiger partial charge on any atom is -0.504 e. The van der Waals surface area contributed by atoms with Crippen molar-refractivity contribution < 1.29 is 27.8 Å². The molecule has 1 aliphatic rings. The van der Waals surface area contributed by atoms with Crippen molar-refractivity contribution in [3.63, 3.8) is 0 Å². The zero-order valence-electron chi connectivity index (χ0n) is 9.38. The minimum absolute atomic E-state index is 0.0472. The van der Waals surface area contributed by atoms with Crippen molar-refractivity contribution in [3.8, 4) is 5.06 Å². The summed E-state index contributed by atoms with van der Waals surface area (Å²) in [6.07, 6.45) is 0. The number of carbonyl (C=O) groups excluding carboxylic acids is 1. The lowest BCUT2D eigenvalue weighted by Crippen LogP contribution is -2.32. The molecule has 9 heteroatoms. The molecule has 98 valence electrons. The quantitative estimate of drug-likeness (QED) is 0.767. The van der Waals surface area contributed by atoms with Crippen molar-refractivity contribution >= 4 is 33.1 Å².